The quantitative estimate of drug-likeness (QED) is 0.824. The lowest BCUT2D eigenvalue weighted by atomic mass is 9.52. The Labute approximate surface area is 140 Å². The lowest BCUT2D eigenvalue weighted by Crippen LogP contribution is -2.59. The molecule has 23 heavy (non-hydrogen) atoms. The highest BCUT2D eigenvalue weighted by Gasteiger charge is 2.55. The number of carbonyl (C=O) groups is 1. The molecule has 0 radical (unpaired) electrons. The van der Waals surface area contributed by atoms with Crippen LogP contribution in [-0.4, -0.2) is 34.8 Å². The van der Waals surface area contributed by atoms with Crippen LogP contribution in [0.3, 0.4) is 0 Å². The highest BCUT2D eigenvalue weighted by atomic mass is 35.5. The van der Waals surface area contributed by atoms with Gasteiger partial charge in [0.2, 0.25) is 0 Å². The summed E-state index contributed by atoms with van der Waals surface area (Å²) >= 11 is 5.97. The number of pyridine rings is 1. The molecular formula is C17H21ClN2O3. The number of anilines is 1. The summed E-state index contributed by atoms with van der Waals surface area (Å²) in [4.78, 5) is 15.3. The molecule has 0 saturated heterocycles. The van der Waals surface area contributed by atoms with Crippen LogP contribution in [0.25, 0.3) is 0 Å². The van der Waals surface area contributed by atoms with Crippen molar-refractivity contribution in [2.24, 2.45) is 17.8 Å². The van der Waals surface area contributed by atoms with Crippen LogP contribution in [0.5, 0.6) is 0 Å². The minimum absolute atomic E-state index is 0.0558. The average molecular weight is 337 g/mol. The van der Waals surface area contributed by atoms with Crippen LogP contribution in [0.4, 0.5) is 5.69 Å². The first-order valence-corrected chi connectivity index (χ1v) is 8.58. The van der Waals surface area contributed by atoms with Gasteiger partial charge in [-0.05, 0) is 55.9 Å². The Morgan fingerprint density at radius 1 is 1.39 bits per heavy atom. The molecule has 4 unspecified atom stereocenters. The molecule has 2 N–H and O–H groups in total. The van der Waals surface area contributed by atoms with E-state index in [1.54, 1.807) is 6.07 Å². The zero-order valence-corrected chi connectivity index (χ0v) is 13.8. The summed E-state index contributed by atoms with van der Waals surface area (Å²) < 4.78 is 5.88. The van der Waals surface area contributed by atoms with E-state index >= 15 is 0 Å². The molecule has 6 heteroatoms. The summed E-state index contributed by atoms with van der Waals surface area (Å²) in [6.45, 7) is 0. The maximum Gasteiger partial charge on any atom is 0.339 e. The molecule has 1 aromatic rings. The van der Waals surface area contributed by atoms with Crippen LogP contribution in [0.2, 0.25) is 5.15 Å². The van der Waals surface area contributed by atoms with Gasteiger partial charge in [0.15, 0.2) is 0 Å². The molecule has 0 aromatic carbocycles. The van der Waals surface area contributed by atoms with Crippen molar-refractivity contribution in [3.8, 4) is 0 Å². The molecule has 0 amide bonds. The predicted molar refractivity (Wildman–Crippen MR) is 86.9 cm³/mol. The van der Waals surface area contributed by atoms with Crippen molar-refractivity contribution in [2.45, 2.75) is 43.7 Å². The van der Waals surface area contributed by atoms with Gasteiger partial charge in [0.05, 0.1) is 11.3 Å². The van der Waals surface area contributed by atoms with Crippen LogP contribution >= 0.6 is 11.6 Å². The van der Waals surface area contributed by atoms with Crippen LogP contribution < -0.4 is 5.32 Å². The summed E-state index contributed by atoms with van der Waals surface area (Å²) in [6.07, 6.45) is 7.07. The molecule has 4 bridgehead atoms. The maximum absolute atomic E-state index is 11.4. The summed E-state index contributed by atoms with van der Waals surface area (Å²) in [5.41, 5.74) is 0.825. The zero-order chi connectivity index (χ0) is 16.2. The van der Waals surface area contributed by atoms with Gasteiger partial charge in [-0.2, -0.15) is 0 Å². The van der Waals surface area contributed by atoms with Crippen LogP contribution in [-0.2, 0) is 4.74 Å². The van der Waals surface area contributed by atoms with E-state index in [0.717, 1.165) is 18.8 Å². The summed E-state index contributed by atoms with van der Waals surface area (Å²) in [5.74, 6) is 0.851. The third kappa shape index (κ3) is 2.50. The lowest BCUT2D eigenvalue weighted by Gasteiger charge is -2.59. The fourth-order valence-electron chi connectivity index (χ4n) is 5.33. The normalized spacial score (nSPS) is 37.8. The molecule has 0 aliphatic heterocycles. The smallest absolute Gasteiger partial charge is 0.339 e. The van der Waals surface area contributed by atoms with E-state index in [4.69, 9.17) is 16.3 Å². The van der Waals surface area contributed by atoms with Crippen LogP contribution in [0.15, 0.2) is 12.3 Å². The van der Waals surface area contributed by atoms with E-state index in [1.165, 1.54) is 25.5 Å². The minimum Gasteiger partial charge on any atom is -0.478 e. The standard InChI is InChI=1S/C17H21ClN2O3/c1-23-17-5-9-2-10(6-17)15(11(3-9)7-17)20-13-4-14(18)19-8-12(13)16(21)22/h4,8-11,15H,2-3,5-7H2,1H3,(H,19,20)(H,21,22)/t9?,10-,11?,15?,17?/m0/s1. The molecule has 4 saturated carbocycles. The number of halogens is 1. The van der Waals surface area contributed by atoms with Crippen molar-refractivity contribution in [3.63, 3.8) is 0 Å². The molecule has 5 rings (SSSR count). The second-order valence-electron chi connectivity index (χ2n) is 7.38. The van der Waals surface area contributed by atoms with Gasteiger partial charge >= 0.3 is 5.97 Å². The van der Waals surface area contributed by atoms with E-state index in [1.807, 2.05) is 7.11 Å². The summed E-state index contributed by atoms with van der Waals surface area (Å²) in [7, 11) is 1.83. The van der Waals surface area contributed by atoms with Gasteiger partial charge in [-0.15, -0.1) is 0 Å². The zero-order valence-electron chi connectivity index (χ0n) is 13.1. The van der Waals surface area contributed by atoms with Gasteiger partial charge in [-0.1, -0.05) is 11.6 Å². The molecule has 124 valence electrons. The number of hydrogen-bond donors (Lipinski definition) is 2. The first kappa shape index (κ1) is 15.2. The van der Waals surface area contributed by atoms with E-state index in [2.05, 4.69) is 10.3 Å². The number of methoxy groups -OCH3 is 1. The monoisotopic (exact) mass is 336 g/mol. The van der Waals surface area contributed by atoms with E-state index in [-0.39, 0.29) is 11.2 Å². The number of nitrogens with one attached hydrogen (secondary N) is 1. The Balaban J connectivity index is 1.61. The topological polar surface area (TPSA) is 71.5 Å². The first-order valence-electron chi connectivity index (χ1n) is 8.20. The van der Waals surface area contributed by atoms with Gasteiger partial charge in [0.1, 0.15) is 10.7 Å². The van der Waals surface area contributed by atoms with E-state index in [0.29, 0.717) is 28.7 Å². The Kier molecular flexibility index (Phi) is 3.54. The largest absolute Gasteiger partial charge is 0.478 e. The van der Waals surface area contributed by atoms with E-state index < -0.39 is 5.97 Å². The maximum atomic E-state index is 11.4. The predicted octanol–water partition coefficient (Wildman–Crippen LogP) is 3.44. The average Bonchev–Trinajstić information content (AvgIpc) is 2.50. The van der Waals surface area contributed by atoms with Gasteiger partial charge in [0.25, 0.3) is 0 Å². The van der Waals surface area contributed by atoms with Crippen LogP contribution in [0, 0.1) is 17.8 Å². The minimum atomic E-state index is -0.978. The van der Waals surface area contributed by atoms with Crippen molar-refractivity contribution < 1.29 is 14.6 Å². The molecule has 4 aliphatic rings. The Morgan fingerprint density at radius 2 is 2.09 bits per heavy atom. The fourth-order valence-corrected chi connectivity index (χ4v) is 5.49. The molecule has 4 fully saturated rings. The first-order chi connectivity index (χ1) is 11.0. The van der Waals surface area contributed by atoms with Gasteiger partial charge < -0.3 is 15.2 Å². The fraction of sp³-hybridized carbons (Fsp3) is 0.647. The molecule has 5 atom stereocenters. The lowest BCUT2D eigenvalue weighted by molar-refractivity contribution is -0.149. The number of carboxylic acid groups (broad SMARTS) is 1. The highest BCUT2D eigenvalue weighted by molar-refractivity contribution is 6.29. The Hall–Kier alpha value is -1.33. The molecular weight excluding hydrogens is 316 g/mol. The number of carboxylic acids is 1. The van der Waals surface area contributed by atoms with E-state index in [9.17, 15) is 9.90 Å². The Bertz CT molecular complexity index is 635. The molecule has 4 aliphatic carbocycles. The van der Waals surface area contributed by atoms with Crippen molar-refractivity contribution in [1.82, 2.24) is 4.98 Å². The molecule has 0 spiro atoms. The SMILES string of the molecule is COC12CC3CC(C1)C(Nc1cc(Cl)ncc1C(=O)O)[C@@H](C3)C2. The number of rotatable bonds is 4. The number of ether oxygens (including phenoxy) is 1. The van der Waals surface area contributed by atoms with Gasteiger partial charge in [0, 0.05) is 19.3 Å². The third-order valence-electron chi connectivity index (χ3n) is 6.07. The van der Waals surface area contributed by atoms with Crippen LogP contribution in [0.1, 0.15) is 42.5 Å². The van der Waals surface area contributed by atoms with Crippen molar-refractivity contribution in [2.75, 3.05) is 12.4 Å². The van der Waals surface area contributed by atoms with Crippen molar-refractivity contribution in [1.29, 1.82) is 0 Å². The summed E-state index contributed by atoms with van der Waals surface area (Å²) in [5, 5.41) is 13.2. The summed E-state index contributed by atoms with van der Waals surface area (Å²) in [6, 6.07) is 1.92. The van der Waals surface area contributed by atoms with Crippen molar-refractivity contribution in [3.05, 3.63) is 23.0 Å². The molecule has 5 nitrogen and oxygen atoms in total. The molecule has 1 aromatic heterocycles. The second-order valence-corrected chi connectivity index (χ2v) is 7.77. The van der Waals surface area contributed by atoms with Gasteiger partial charge in [-0.3, -0.25) is 0 Å². The number of aromatic nitrogens is 1. The number of hydrogen-bond acceptors (Lipinski definition) is 4. The number of aromatic carboxylic acids is 1. The Morgan fingerprint density at radius 3 is 2.70 bits per heavy atom. The second kappa shape index (κ2) is 5.35. The van der Waals surface area contributed by atoms with Crippen molar-refractivity contribution >= 4 is 23.3 Å². The highest BCUT2D eigenvalue weighted by Crippen LogP contribution is 2.57. The van der Waals surface area contributed by atoms with Gasteiger partial charge in [-0.25, -0.2) is 9.78 Å². The number of nitrogens with zero attached hydrogens (tertiary/aromatic N) is 1. The third-order valence-corrected chi connectivity index (χ3v) is 6.28. The molecule has 1 heterocycles.